The van der Waals surface area contributed by atoms with E-state index in [0.29, 0.717) is 24.3 Å². The molecule has 3 fully saturated rings. The van der Waals surface area contributed by atoms with Crippen molar-refractivity contribution in [2.75, 3.05) is 0 Å². The Bertz CT molecular complexity index is 278. The van der Waals surface area contributed by atoms with Crippen molar-refractivity contribution in [3.05, 3.63) is 0 Å². The molecule has 0 aromatic carbocycles. The van der Waals surface area contributed by atoms with Gasteiger partial charge in [0, 0.05) is 18.5 Å². The molecular formula is C11H17NO2. The first-order valence-electron chi connectivity index (χ1n) is 5.74. The minimum atomic E-state index is -0.403. The molecule has 3 rings (SSSR count). The van der Waals surface area contributed by atoms with Crippen LogP contribution in [0.1, 0.15) is 39.0 Å². The zero-order valence-electron chi connectivity index (χ0n) is 8.58. The molecular weight excluding hydrogens is 178 g/mol. The van der Waals surface area contributed by atoms with Crippen molar-refractivity contribution in [1.29, 1.82) is 0 Å². The second kappa shape index (κ2) is 2.80. The number of carbonyl (C=O) groups excluding carboxylic acids is 1. The fraction of sp³-hybridized carbons (Fsp3) is 0.909. The Hall–Kier alpha value is -0.410. The minimum Gasteiger partial charge on any atom is -0.356 e. The van der Waals surface area contributed by atoms with Gasteiger partial charge in [-0.25, -0.2) is 0 Å². The highest BCUT2D eigenvalue weighted by molar-refractivity contribution is 5.91. The summed E-state index contributed by atoms with van der Waals surface area (Å²) in [6, 6.07) is 0.963. The maximum Gasteiger partial charge on any atom is 0.168 e. The van der Waals surface area contributed by atoms with Gasteiger partial charge in [0.1, 0.15) is 0 Å². The van der Waals surface area contributed by atoms with E-state index in [0.717, 1.165) is 12.8 Å². The lowest BCUT2D eigenvalue weighted by Gasteiger charge is -2.18. The lowest BCUT2D eigenvalue weighted by Crippen LogP contribution is -2.45. The highest BCUT2D eigenvalue weighted by Gasteiger charge is 2.67. The molecule has 0 aromatic heterocycles. The lowest BCUT2D eigenvalue weighted by molar-refractivity contribution is -0.124. The summed E-state index contributed by atoms with van der Waals surface area (Å²) in [6.45, 7) is 1.94. The normalized spacial score (nSPS) is 49.6. The molecule has 0 amide bonds. The fourth-order valence-corrected chi connectivity index (χ4v) is 3.23. The molecule has 0 radical (unpaired) electrons. The maximum absolute atomic E-state index is 11.9. The van der Waals surface area contributed by atoms with Gasteiger partial charge in [-0.1, -0.05) is 6.92 Å². The standard InChI is InChI=1S/C11H17NO2/c1-2-9(13)11-8-5-3-7(12-8)4-6-10(11)14-11/h7-8,10,12H,2-6H2,1H3/t7-,8+,10?,11?/m0/s1. The summed E-state index contributed by atoms with van der Waals surface area (Å²) in [6.07, 6.45) is 5.43. The van der Waals surface area contributed by atoms with Crippen molar-refractivity contribution >= 4 is 5.78 Å². The van der Waals surface area contributed by atoms with Gasteiger partial charge in [0.25, 0.3) is 0 Å². The van der Waals surface area contributed by atoms with Gasteiger partial charge in [0.05, 0.1) is 6.10 Å². The Labute approximate surface area is 84.2 Å². The van der Waals surface area contributed by atoms with Crippen molar-refractivity contribution in [3.8, 4) is 0 Å². The first-order valence-corrected chi connectivity index (χ1v) is 5.74. The van der Waals surface area contributed by atoms with Crippen LogP contribution >= 0.6 is 0 Å². The topological polar surface area (TPSA) is 41.6 Å². The van der Waals surface area contributed by atoms with Crippen LogP contribution in [-0.2, 0) is 9.53 Å². The summed E-state index contributed by atoms with van der Waals surface area (Å²) in [4.78, 5) is 11.9. The van der Waals surface area contributed by atoms with E-state index in [1.165, 1.54) is 12.8 Å². The number of hydrogen-bond acceptors (Lipinski definition) is 3. The number of nitrogens with one attached hydrogen (secondary N) is 1. The Kier molecular flexibility index (Phi) is 1.77. The molecule has 1 N–H and O–H groups in total. The van der Waals surface area contributed by atoms with Gasteiger partial charge in [0.15, 0.2) is 11.4 Å². The van der Waals surface area contributed by atoms with Crippen LogP contribution in [0.25, 0.3) is 0 Å². The van der Waals surface area contributed by atoms with E-state index < -0.39 is 5.60 Å². The monoisotopic (exact) mass is 195 g/mol. The molecule has 3 nitrogen and oxygen atoms in total. The molecule has 78 valence electrons. The molecule has 3 aliphatic rings. The Morgan fingerprint density at radius 3 is 3.00 bits per heavy atom. The molecule has 3 aliphatic heterocycles. The van der Waals surface area contributed by atoms with Crippen molar-refractivity contribution in [2.45, 2.75) is 62.8 Å². The summed E-state index contributed by atoms with van der Waals surface area (Å²) in [7, 11) is 0. The highest BCUT2D eigenvalue weighted by Crippen LogP contribution is 2.49. The van der Waals surface area contributed by atoms with Crippen molar-refractivity contribution in [1.82, 2.24) is 5.32 Å². The molecule has 14 heavy (non-hydrogen) atoms. The molecule has 0 aromatic rings. The summed E-state index contributed by atoms with van der Waals surface area (Å²) in [5, 5.41) is 3.55. The van der Waals surface area contributed by atoms with E-state index in [1.54, 1.807) is 0 Å². The van der Waals surface area contributed by atoms with E-state index >= 15 is 0 Å². The molecule has 0 saturated carbocycles. The maximum atomic E-state index is 11.9. The molecule has 0 spiro atoms. The zero-order valence-corrected chi connectivity index (χ0v) is 8.58. The van der Waals surface area contributed by atoms with E-state index in [-0.39, 0.29) is 6.10 Å². The number of rotatable bonds is 2. The first kappa shape index (κ1) is 8.86. The van der Waals surface area contributed by atoms with E-state index in [9.17, 15) is 4.79 Å². The number of hydrogen-bond donors (Lipinski definition) is 1. The van der Waals surface area contributed by atoms with Gasteiger partial charge in [-0.3, -0.25) is 4.79 Å². The van der Waals surface area contributed by atoms with Crippen LogP contribution in [0.15, 0.2) is 0 Å². The first-order chi connectivity index (χ1) is 6.77. The molecule has 2 bridgehead atoms. The predicted molar refractivity (Wildman–Crippen MR) is 52.1 cm³/mol. The summed E-state index contributed by atoms with van der Waals surface area (Å²) in [5.41, 5.74) is -0.403. The van der Waals surface area contributed by atoms with Crippen molar-refractivity contribution < 1.29 is 9.53 Å². The summed E-state index contributed by atoms with van der Waals surface area (Å²) in [5.74, 6) is 0.308. The molecule has 4 atom stereocenters. The average Bonchev–Trinajstić information content (AvgIpc) is 2.74. The van der Waals surface area contributed by atoms with Gasteiger partial charge in [-0.15, -0.1) is 0 Å². The van der Waals surface area contributed by atoms with Gasteiger partial charge >= 0.3 is 0 Å². The Morgan fingerprint density at radius 2 is 2.21 bits per heavy atom. The molecule has 0 aliphatic carbocycles. The minimum absolute atomic E-state index is 0.234. The van der Waals surface area contributed by atoms with Crippen molar-refractivity contribution in [3.63, 3.8) is 0 Å². The van der Waals surface area contributed by atoms with Gasteiger partial charge < -0.3 is 10.1 Å². The van der Waals surface area contributed by atoms with Crippen LogP contribution in [0.4, 0.5) is 0 Å². The van der Waals surface area contributed by atoms with Crippen molar-refractivity contribution in [2.24, 2.45) is 0 Å². The van der Waals surface area contributed by atoms with Crippen LogP contribution < -0.4 is 5.32 Å². The second-order valence-electron chi connectivity index (χ2n) is 4.75. The van der Waals surface area contributed by atoms with Crippen LogP contribution in [0.5, 0.6) is 0 Å². The third kappa shape index (κ3) is 0.971. The lowest BCUT2D eigenvalue weighted by atomic mass is 9.86. The molecule has 3 heterocycles. The number of ether oxygens (including phenoxy) is 1. The van der Waals surface area contributed by atoms with E-state index in [4.69, 9.17) is 4.74 Å². The second-order valence-corrected chi connectivity index (χ2v) is 4.75. The summed E-state index contributed by atoms with van der Waals surface area (Å²) < 4.78 is 5.72. The van der Waals surface area contributed by atoms with Crippen LogP contribution in [0.3, 0.4) is 0 Å². The van der Waals surface area contributed by atoms with E-state index in [2.05, 4.69) is 5.32 Å². The fourth-order valence-electron chi connectivity index (χ4n) is 3.23. The van der Waals surface area contributed by atoms with Gasteiger partial charge in [-0.05, 0) is 25.7 Å². The predicted octanol–water partition coefficient (Wildman–Crippen LogP) is 1.02. The third-order valence-electron chi connectivity index (χ3n) is 4.05. The number of ketones is 1. The molecule has 3 heteroatoms. The van der Waals surface area contributed by atoms with Crippen LogP contribution in [0, 0.1) is 0 Å². The summed E-state index contributed by atoms with van der Waals surface area (Å²) >= 11 is 0. The zero-order chi connectivity index (χ0) is 9.76. The highest BCUT2D eigenvalue weighted by atomic mass is 16.6. The van der Waals surface area contributed by atoms with Gasteiger partial charge in [-0.2, -0.15) is 0 Å². The SMILES string of the molecule is CCC(=O)C12OC1CC[C@@H]1CC[C@H]2N1. The average molecular weight is 195 g/mol. The number of fused-ring (bicyclic) bond motifs is 4. The quantitative estimate of drug-likeness (QED) is 0.669. The smallest absolute Gasteiger partial charge is 0.168 e. The number of Topliss-reactive ketones (excluding diaryl/α,β-unsaturated/α-hetero) is 1. The third-order valence-corrected chi connectivity index (χ3v) is 4.05. The molecule has 3 saturated heterocycles. The Balaban J connectivity index is 1.89. The van der Waals surface area contributed by atoms with Crippen LogP contribution in [-0.4, -0.2) is 29.6 Å². The van der Waals surface area contributed by atoms with Gasteiger partial charge in [0.2, 0.25) is 0 Å². The number of epoxide rings is 1. The number of carbonyl (C=O) groups is 1. The molecule has 2 unspecified atom stereocenters. The van der Waals surface area contributed by atoms with E-state index in [1.807, 2.05) is 6.92 Å². The van der Waals surface area contributed by atoms with Crippen LogP contribution in [0.2, 0.25) is 0 Å². The Morgan fingerprint density at radius 1 is 1.43 bits per heavy atom. The largest absolute Gasteiger partial charge is 0.356 e.